The maximum atomic E-state index is 9.86. The van der Waals surface area contributed by atoms with E-state index >= 15 is 0 Å². The Balaban J connectivity index is 3.00. The van der Waals surface area contributed by atoms with Crippen LogP contribution in [0.2, 0.25) is 0 Å². The highest BCUT2D eigenvalue weighted by Crippen LogP contribution is 1.94. The van der Waals surface area contributed by atoms with Crippen molar-refractivity contribution in [1.82, 2.24) is 4.98 Å². The number of rotatable bonds is 1. The molecule has 3 nitrogen and oxygen atoms in total. The lowest BCUT2D eigenvalue weighted by Gasteiger charge is -1.68. The third kappa shape index (κ3) is 0.753. The van der Waals surface area contributed by atoms with Gasteiger partial charge in [0.1, 0.15) is 6.26 Å². The van der Waals surface area contributed by atoms with Gasteiger partial charge in [0.15, 0.2) is 0 Å². The van der Waals surface area contributed by atoms with Gasteiger partial charge >= 0.3 is 0 Å². The normalized spacial score (nSPS) is 9.12. The van der Waals surface area contributed by atoms with Crippen molar-refractivity contribution < 1.29 is 9.21 Å². The van der Waals surface area contributed by atoms with Gasteiger partial charge in [0.2, 0.25) is 6.29 Å². The number of hydrogen-bond donors (Lipinski definition) is 0. The van der Waals surface area contributed by atoms with Crippen molar-refractivity contribution in [3.8, 4) is 0 Å². The number of aldehydes is 1. The van der Waals surface area contributed by atoms with E-state index < -0.39 is 0 Å². The maximum absolute atomic E-state index is 9.86. The first-order valence-corrected chi connectivity index (χ1v) is 2.20. The van der Waals surface area contributed by atoms with Crippen molar-refractivity contribution in [2.45, 2.75) is 6.92 Å². The number of oxazole rings is 1. The van der Waals surface area contributed by atoms with E-state index in [9.17, 15) is 4.79 Å². The summed E-state index contributed by atoms with van der Waals surface area (Å²) < 4.78 is 4.63. The molecule has 0 amide bonds. The first-order chi connectivity index (χ1) is 3.83. The first kappa shape index (κ1) is 5.03. The molecule has 0 radical (unpaired) electrons. The molecule has 0 aliphatic carbocycles. The van der Waals surface area contributed by atoms with Gasteiger partial charge in [-0.3, -0.25) is 4.79 Å². The van der Waals surface area contributed by atoms with E-state index in [0.717, 1.165) is 5.69 Å². The van der Waals surface area contributed by atoms with Gasteiger partial charge in [0, 0.05) is 0 Å². The molecule has 1 heterocycles. The number of carbonyl (C=O) groups is 1. The Kier molecular flexibility index (Phi) is 1.12. The number of aryl methyl sites for hydroxylation is 1. The zero-order chi connectivity index (χ0) is 5.98. The molecule has 0 unspecified atom stereocenters. The van der Waals surface area contributed by atoms with E-state index in [1.807, 2.05) is 0 Å². The lowest BCUT2D eigenvalue weighted by atomic mass is 10.6. The van der Waals surface area contributed by atoms with Crippen LogP contribution in [0.15, 0.2) is 10.7 Å². The van der Waals surface area contributed by atoms with Crippen molar-refractivity contribution in [3.05, 3.63) is 17.8 Å². The van der Waals surface area contributed by atoms with Crippen LogP contribution >= 0.6 is 0 Å². The van der Waals surface area contributed by atoms with E-state index in [2.05, 4.69) is 9.40 Å². The molecule has 0 saturated carbocycles. The van der Waals surface area contributed by atoms with E-state index in [-0.39, 0.29) is 5.89 Å². The van der Waals surface area contributed by atoms with Gasteiger partial charge in [-0.05, 0) is 6.92 Å². The largest absolute Gasteiger partial charge is 0.442 e. The van der Waals surface area contributed by atoms with E-state index in [0.29, 0.717) is 6.29 Å². The molecule has 0 N–H and O–H groups in total. The minimum atomic E-state index is 0.141. The lowest BCUT2D eigenvalue weighted by Crippen LogP contribution is -1.76. The second-order valence-electron chi connectivity index (χ2n) is 1.44. The van der Waals surface area contributed by atoms with Gasteiger partial charge in [0.25, 0.3) is 5.89 Å². The summed E-state index contributed by atoms with van der Waals surface area (Å²) in [5, 5.41) is 0. The molecule has 1 rings (SSSR count). The predicted octanol–water partition coefficient (Wildman–Crippen LogP) is 0.796. The summed E-state index contributed by atoms with van der Waals surface area (Å²) in [5.41, 5.74) is 0.729. The monoisotopic (exact) mass is 111 g/mol. The lowest BCUT2D eigenvalue weighted by molar-refractivity contribution is 0.109. The fourth-order valence-electron chi connectivity index (χ4n) is 0.426. The summed E-state index contributed by atoms with van der Waals surface area (Å²) in [6.07, 6.45) is 2.01. The van der Waals surface area contributed by atoms with Gasteiger partial charge in [-0.1, -0.05) is 0 Å². The Bertz CT molecular complexity index is 192. The van der Waals surface area contributed by atoms with Gasteiger partial charge in [-0.25, -0.2) is 4.98 Å². The molecular weight excluding hydrogens is 106 g/mol. The molecule has 3 heteroatoms. The zero-order valence-electron chi connectivity index (χ0n) is 4.42. The molecule has 1 aromatic rings. The predicted molar refractivity (Wildman–Crippen MR) is 26.6 cm³/mol. The van der Waals surface area contributed by atoms with Gasteiger partial charge in [-0.2, -0.15) is 0 Å². The van der Waals surface area contributed by atoms with Crippen LogP contribution in [-0.4, -0.2) is 11.3 Å². The second-order valence-corrected chi connectivity index (χ2v) is 1.44. The Morgan fingerprint density at radius 1 is 1.88 bits per heavy atom. The maximum Gasteiger partial charge on any atom is 0.259 e. The van der Waals surface area contributed by atoms with Crippen LogP contribution < -0.4 is 0 Å². The molecular formula is C5H5NO2. The van der Waals surface area contributed by atoms with Crippen LogP contribution in [-0.2, 0) is 0 Å². The average Bonchev–Trinajstić information content (AvgIpc) is 2.14. The summed E-state index contributed by atoms with van der Waals surface area (Å²) in [4.78, 5) is 13.6. The number of nitrogens with zero attached hydrogens (tertiary/aromatic N) is 1. The average molecular weight is 111 g/mol. The van der Waals surface area contributed by atoms with E-state index in [1.165, 1.54) is 6.26 Å². The summed E-state index contributed by atoms with van der Waals surface area (Å²) in [5.74, 6) is 0.141. The van der Waals surface area contributed by atoms with Gasteiger partial charge < -0.3 is 4.42 Å². The number of carbonyl (C=O) groups excluding carboxylic acids is 1. The van der Waals surface area contributed by atoms with Gasteiger partial charge in [0.05, 0.1) is 5.69 Å². The fourth-order valence-corrected chi connectivity index (χ4v) is 0.426. The molecule has 42 valence electrons. The quantitative estimate of drug-likeness (QED) is 0.503. The Hall–Kier alpha value is -1.12. The zero-order valence-corrected chi connectivity index (χ0v) is 4.42. The third-order valence-electron chi connectivity index (χ3n) is 0.738. The number of aromatic nitrogens is 1. The van der Waals surface area contributed by atoms with Crippen LogP contribution in [0, 0.1) is 6.92 Å². The van der Waals surface area contributed by atoms with Crippen LogP contribution in [0.3, 0.4) is 0 Å². The van der Waals surface area contributed by atoms with Crippen LogP contribution in [0.4, 0.5) is 0 Å². The minimum Gasteiger partial charge on any atom is -0.442 e. The Morgan fingerprint density at radius 3 is 2.88 bits per heavy atom. The van der Waals surface area contributed by atoms with Crippen LogP contribution in [0.1, 0.15) is 16.4 Å². The highest BCUT2D eigenvalue weighted by atomic mass is 16.3. The summed E-state index contributed by atoms with van der Waals surface area (Å²) in [6.45, 7) is 1.76. The summed E-state index contributed by atoms with van der Waals surface area (Å²) in [7, 11) is 0. The summed E-state index contributed by atoms with van der Waals surface area (Å²) >= 11 is 0. The Labute approximate surface area is 46.3 Å². The molecule has 0 saturated heterocycles. The molecule has 0 spiro atoms. The molecule has 0 fully saturated rings. The molecule has 0 aliphatic heterocycles. The van der Waals surface area contributed by atoms with Crippen molar-refractivity contribution >= 4 is 6.29 Å². The molecule has 8 heavy (non-hydrogen) atoms. The molecule has 0 aliphatic rings. The number of hydrogen-bond acceptors (Lipinski definition) is 3. The van der Waals surface area contributed by atoms with Gasteiger partial charge in [-0.15, -0.1) is 0 Å². The van der Waals surface area contributed by atoms with E-state index in [4.69, 9.17) is 0 Å². The second kappa shape index (κ2) is 1.78. The molecule has 0 aromatic carbocycles. The van der Waals surface area contributed by atoms with Crippen molar-refractivity contribution in [2.75, 3.05) is 0 Å². The molecule has 0 bridgehead atoms. The minimum absolute atomic E-state index is 0.141. The highest BCUT2D eigenvalue weighted by molar-refractivity contribution is 5.67. The summed E-state index contributed by atoms with van der Waals surface area (Å²) in [6, 6.07) is 0. The van der Waals surface area contributed by atoms with Crippen molar-refractivity contribution in [2.24, 2.45) is 0 Å². The molecule has 1 aromatic heterocycles. The van der Waals surface area contributed by atoms with Crippen molar-refractivity contribution in [3.63, 3.8) is 0 Å². The SMILES string of the molecule is Cc1coc(C=O)n1. The topological polar surface area (TPSA) is 43.1 Å². The Morgan fingerprint density at radius 2 is 2.62 bits per heavy atom. The first-order valence-electron chi connectivity index (χ1n) is 2.20. The standard InChI is InChI=1S/C5H5NO2/c1-4-3-8-5(2-7)6-4/h2-3H,1H3. The highest BCUT2D eigenvalue weighted by Gasteiger charge is 1.93. The smallest absolute Gasteiger partial charge is 0.259 e. The van der Waals surface area contributed by atoms with Crippen LogP contribution in [0.25, 0.3) is 0 Å². The van der Waals surface area contributed by atoms with Crippen molar-refractivity contribution in [1.29, 1.82) is 0 Å². The van der Waals surface area contributed by atoms with E-state index in [1.54, 1.807) is 6.92 Å². The van der Waals surface area contributed by atoms with Crippen LogP contribution in [0.5, 0.6) is 0 Å². The third-order valence-corrected chi connectivity index (χ3v) is 0.738. The fraction of sp³-hybridized carbons (Fsp3) is 0.200. The molecule has 0 atom stereocenters.